The molecule has 0 atom stereocenters. The zero-order valence-corrected chi connectivity index (χ0v) is 13.9. The highest BCUT2D eigenvalue weighted by Gasteiger charge is 2.47. The van der Waals surface area contributed by atoms with Gasteiger partial charge in [0.05, 0.1) is 21.6 Å². The van der Waals surface area contributed by atoms with Crippen LogP contribution in [-0.4, -0.2) is 36.8 Å². The minimum Gasteiger partial charge on any atom is -0.324 e. The normalized spacial score (nSPS) is 14.3. The number of alkyl halides is 3. The van der Waals surface area contributed by atoms with Gasteiger partial charge in [0, 0.05) is 0 Å². The molecule has 0 unspecified atom stereocenters. The van der Waals surface area contributed by atoms with E-state index in [0.29, 0.717) is 12.1 Å². The lowest BCUT2D eigenvalue weighted by Crippen LogP contribution is -2.32. The first-order valence-electron chi connectivity index (χ1n) is 7.15. The molecule has 2 aromatic rings. The summed E-state index contributed by atoms with van der Waals surface area (Å²) in [5.74, 6) is -3.23. The number of fused-ring (bicyclic) bond motifs is 1. The van der Waals surface area contributed by atoms with Crippen molar-refractivity contribution in [2.24, 2.45) is 0 Å². The molecule has 0 bridgehead atoms. The van der Waals surface area contributed by atoms with Crippen LogP contribution in [0.3, 0.4) is 0 Å². The van der Waals surface area contributed by atoms with Crippen molar-refractivity contribution in [3.05, 3.63) is 65.2 Å². The number of carbonyl (C=O) groups is 3. The Labute approximate surface area is 149 Å². The molecule has 1 aliphatic heterocycles. The maximum Gasteiger partial charge on any atom is 0.501 e. The average molecular weight is 399 g/mol. The van der Waals surface area contributed by atoms with Gasteiger partial charge in [-0.3, -0.25) is 9.59 Å². The molecule has 0 N–H and O–H groups in total. The van der Waals surface area contributed by atoms with E-state index in [1.807, 2.05) is 0 Å². The second-order valence-electron chi connectivity index (χ2n) is 5.31. The molecular weight excluding hydrogens is 391 g/mol. The Morgan fingerprint density at radius 1 is 0.926 bits per heavy atom. The number of nitrogens with zero attached hydrogens (tertiary/aromatic N) is 1. The first kappa shape index (κ1) is 18.6. The Balaban J connectivity index is 1.88. The summed E-state index contributed by atoms with van der Waals surface area (Å²) in [6.45, 7) is 0. The molecule has 0 aliphatic carbocycles. The molecule has 11 heteroatoms. The smallest absolute Gasteiger partial charge is 0.324 e. The molecule has 0 spiro atoms. The van der Waals surface area contributed by atoms with Crippen LogP contribution in [-0.2, 0) is 14.7 Å². The van der Waals surface area contributed by atoms with Crippen molar-refractivity contribution in [1.82, 2.24) is 5.06 Å². The van der Waals surface area contributed by atoms with Crippen molar-refractivity contribution in [3.63, 3.8) is 0 Å². The summed E-state index contributed by atoms with van der Waals surface area (Å²) in [5.41, 5.74) is -6.16. The Morgan fingerprint density at radius 2 is 1.48 bits per heavy atom. The Morgan fingerprint density at radius 3 is 2.00 bits per heavy atom. The number of imide groups is 1. The maximum atomic E-state index is 12.6. The number of rotatable bonds is 3. The highest BCUT2D eigenvalue weighted by Crippen LogP contribution is 2.31. The fourth-order valence-corrected chi connectivity index (χ4v) is 3.12. The van der Waals surface area contributed by atoms with E-state index in [2.05, 4.69) is 4.84 Å². The van der Waals surface area contributed by atoms with E-state index in [1.165, 1.54) is 24.3 Å². The van der Waals surface area contributed by atoms with Gasteiger partial charge in [0.15, 0.2) is 0 Å². The van der Waals surface area contributed by atoms with Crippen molar-refractivity contribution in [1.29, 1.82) is 0 Å². The lowest BCUT2D eigenvalue weighted by molar-refractivity contribution is -0.0584. The average Bonchev–Trinajstić information content (AvgIpc) is 2.86. The molecule has 3 rings (SSSR count). The molecule has 0 saturated heterocycles. The third-order valence-electron chi connectivity index (χ3n) is 3.62. The van der Waals surface area contributed by atoms with E-state index in [0.717, 1.165) is 12.1 Å². The lowest BCUT2D eigenvalue weighted by atomic mass is 10.1. The van der Waals surface area contributed by atoms with Gasteiger partial charge in [-0.25, -0.2) is 13.2 Å². The van der Waals surface area contributed by atoms with Crippen LogP contribution in [0.4, 0.5) is 13.2 Å². The number of carbonyl (C=O) groups excluding carboxylic acids is 3. The summed E-state index contributed by atoms with van der Waals surface area (Å²) in [6.07, 6.45) is 0. The van der Waals surface area contributed by atoms with Crippen molar-refractivity contribution in [3.8, 4) is 0 Å². The second kappa shape index (κ2) is 6.20. The molecule has 7 nitrogen and oxygen atoms in total. The molecule has 0 saturated carbocycles. The number of hydrogen-bond donors (Lipinski definition) is 0. The predicted octanol–water partition coefficient (Wildman–Crippen LogP) is 2.35. The van der Waals surface area contributed by atoms with Crippen LogP contribution in [0.2, 0.25) is 0 Å². The molecule has 1 heterocycles. The number of hydrogen-bond acceptors (Lipinski definition) is 6. The van der Waals surface area contributed by atoms with Crippen LogP contribution < -0.4 is 0 Å². The molecule has 1 aliphatic rings. The van der Waals surface area contributed by atoms with Crippen molar-refractivity contribution >= 4 is 27.6 Å². The van der Waals surface area contributed by atoms with E-state index in [4.69, 9.17) is 0 Å². The number of halogens is 3. The van der Waals surface area contributed by atoms with E-state index in [1.54, 1.807) is 0 Å². The monoisotopic (exact) mass is 399 g/mol. The number of sulfone groups is 1. The molecule has 0 fully saturated rings. The standard InChI is InChI=1S/C16H8F3NO6S/c17-16(18,19)27(24,25)10-5-3-4-9(8-10)15(23)26-20-13(21)11-6-1-2-7-12(11)14(20)22/h1-8H. The summed E-state index contributed by atoms with van der Waals surface area (Å²) in [4.78, 5) is 39.9. The largest absolute Gasteiger partial charge is 0.501 e. The fraction of sp³-hybridized carbons (Fsp3) is 0.0625. The topological polar surface area (TPSA) is 97.8 Å². The van der Waals surface area contributed by atoms with E-state index in [9.17, 15) is 36.0 Å². The zero-order chi connectivity index (χ0) is 20.0. The van der Waals surface area contributed by atoms with Crippen LogP contribution >= 0.6 is 0 Å². The predicted molar refractivity (Wildman–Crippen MR) is 82.0 cm³/mol. The highest BCUT2D eigenvalue weighted by molar-refractivity contribution is 7.92. The van der Waals surface area contributed by atoms with Gasteiger partial charge in [0.25, 0.3) is 21.7 Å². The summed E-state index contributed by atoms with van der Waals surface area (Å²) < 4.78 is 60.8. The van der Waals surface area contributed by atoms with E-state index in [-0.39, 0.29) is 16.2 Å². The number of benzene rings is 2. The van der Waals surface area contributed by atoms with Crippen LogP contribution in [0.1, 0.15) is 31.1 Å². The molecule has 0 aromatic heterocycles. The van der Waals surface area contributed by atoms with E-state index >= 15 is 0 Å². The van der Waals surface area contributed by atoms with Gasteiger partial charge >= 0.3 is 11.5 Å². The Hall–Kier alpha value is -3.21. The molecule has 0 radical (unpaired) electrons. The first-order valence-corrected chi connectivity index (χ1v) is 8.64. The van der Waals surface area contributed by atoms with Crippen LogP contribution in [0, 0.1) is 0 Å². The van der Waals surface area contributed by atoms with Gasteiger partial charge in [-0.15, -0.1) is 0 Å². The minimum atomic E-state index is -5.68. The van der Waals surface area contributed by atoms with Crippen molar-refractivity contribution < 1.29 is 40.8 Å². The SMILES string of the molecule is O=C(ON1C(=O)c2ccccc2C1=O)c1cccc(S(=O)(=O)C(F)(F)F)c1. The van der Waals surface area contributed by atoms with E-state index < -0.39 is 43.6 Å². The molecular formula is C16H8F3NO6S. The molecule has 140 valence electrons. The Bertz CT molecular complexity index is 1040. The summed E-state index contributed by atoms with van der Waals surface area (Å²) >= 11 is 0. The molecule has 2 amide bonds. The van der Waals surface area contributed by atoms with Crippen LogP contribution in [0.5, 0.6) is 0 Å². The van der Waals surface area contributed by atoms with Gasteiger partial charge in [-0.05, 0) is 30.3 Å². The first-order chi connectivity index (χ1) is 12.5. The lowest BCUT2D eigenvalue weighted by Gasteiger charge is -2.13. The molecule has 27 heavy (non-hydrogen) atoms. The van der Waals surface area contributed by atoms with Gasteiger partial charge in [0.2, 0.25) is 0 Å². The number of amides is 2. The summed E-state index contributed by atoms with van der Waals surface area (Å²) in [6, 6.07) is 8.62. The highest BCUT2D eigenvalue weighted by atomic mass is 32.2. The van der Waals surface area contributed by atoms with Crippen molar-refractivity contribution in [2.75, 3.05) is 0 Å². The van der Waals surface area contributed by atoms with Crippen LogP contribution in [0.15, 0.2) is 53.4 Å². The van der Waals surface area contributed by atoms with Crippen LogP contribution in [0.25, 0.3) is 0 Å². The second-order valence-corrected chi connectivity index (χ2v) is 7.25. The third kappa shape index (κ3) is 3.05. The summed E-state index contributed by atoms with van der Waals surface area (Å²) in [5, 5.41) is 0.165. The van der Waals surface area contributed by atoms with Crippen molar-refractivity contribution in [2.45, 2.75) is 10.4 Å². The quantitative estimate of drug-likeness (QED) is 0.735. The van der Waals surface area contributed by atoms with Gasteiger partial charge in [0.1, 0.15) is 0 Å². The maximum absolute atomic E-state index is 12.6. The molecule has 2 aromatic carbocycles. The van der Waals surface area contributed by atoms with Gasteiger partial charge < -0.3 is 4.84 Å². The van der Waals surface area contributed by atoms with Gasteiger partial charge in [-0.2, -0.15) is 13.2 Å². The summed E-state index contributed by atoms with van der Waals surface area (Å²) in [7, 11) is -5.68. The Kier molecular flexibility index (Phi) is 4.26. The minimum absolute atomic E-state index is 0.0105. The fourth-order valence-electron chi connectivity index (χ4n) is 2.31. The number of hydroxylamine groups is 2. The van der Waals surface area contributed by atoms with Gasteiger partial charge in [-0.1, -0.05) is 23.3 Å². The zero-order valence-electron chi connectivity index (χ0n) is 13.1. The third-order valence-corrected chi connectivity index (χ3v) is 5.10.